The number of ether oxygens (including phenoxy) is 1. The first-order valence-electron chi connectivity index (χ1n) is 9.61. The topological polar surface area (TPSA) is 58.6 Å². The Morgan fingerprint density at radius 1 is 0.828 bits per heavy atom. The van der Waals surface area contributed by atoms with Gasteiger partial charge in [-0.25, -0.2) is 0 Å². The van der Waals surface area contributed by atoms with Crippen LogP contribution in [0.15, 0.2) is 84.9 Å². The molecule has 3 aromatic carbocycles. The highest BCUT2D eigenvalue weighted by atomic mass is 16.5. The summed E-state index contributed by atoms with van der Waals surface area (Å²) in [5.74, 6) is 0.163. The van der Waals surface area contributed by atoms with Crippen LogP contribution in [0.25, 0.3) is 0 Å². The molecule has 5 nitrogen and oxygen atoms in total. The summed E-state index contributed by atoms with van der Waals surface area (Å²) in [6.45, 7) is 0.943. The van der Waals surface area contributed by atoms with Gasteiger partial charge in [-0.3, -0.25) is 9.59 Å². The number of carbonyl (C=O) groups excluding carboxylic acids is 2. The van der Waals surface area contributed by atoms with E-state index in [1.165, 1.54) is 0 Å². The van der Waals surface area contributed by atoms with Crippen LogP contribution in [0.1, 0.15) is 17.5 Å². The van der Waals surface area contributed by atoms with Crippen LogP contribution in [0.3, 0.4) is 0 Å². The fraction of sp³-hybridized carbons (Fsp3) is 0.167. The SMILES string of the molecule is O=C1Nc2ccccc2OC1CC(=O)N(Cc1ccccc1)Cc1ccccc1. The van der Waals surface area contributed by atoms with Crippen molar-refractivity contribution in [1.29, 1.82) is 0 Å². The summed E-state index contributed by atoms with van der Waals surface area (Å²) in [6.07, 6.45) is -0.855. The van der Waals surface area contributed by atoms with Gasteiger partial charge in [0.25, 0.3) is 5.91 Å². The number of rotatable bonds is 6. The largest absolute Gasteiger partial charge is 0.478 e. The van der Waals surface area contributed by atoms with Crippen LogP contribution in [0, 0.1) is 0 Å². The van der Waals surface area contributed by atoms with Gasteiger partial charge in [-0.15, -0.1) is 0 Å². The van der Waals surface area contributed by atoms with Crippen molar-refractivity contribution in [3.05, 3.63) is 96.1 Å². The molecule has 3 aromatic rings. The van der Waals surface area contributed by atoms with E-state index < -0.39 is 6.10 Å². The van der Waals surface area contributed by atoms with Crippen LogP contribution in [0.2, 0.25) is 0 Å². The molecule has 29 heavy (non-hydrogen) atoms. The summed E-state index contributed by atoms with van der Waals surface area (Å²) < 4.78 is 5.81. The Morgan fingerprint density at radius 3 is 2.00 bits per heavy atom. The monoisotopic (exact) mass is 386 g/mol. The van der Waals surface area contributed by atoms with E-state index in [1.54, 1.807) is 17.0 Å². The Balaban J connectivity index is 1.50. The van der Waals surface area contributed by atoms with Gasteiger partial charge in [-0.1, -0.05) is 72.8 Å². The first kappa shape index (κ1) is 18.7. The van der Waals surface area contributed by atoms with Crippen molar-refractivity contribution in [1.82, 2.24) is 4.90 Å². The number of fused-ring (bicyclic) bond motifs is 1. The van der Waals surface area contributed by atoms with Gasteiger partial charge in [0.05, 0.1) is 12.1 Å². The molecule has 1 N–H and O–H groups in total. The van der Waals surface area contributed by atoms with Crippen LogP contribution in [0.5, 0.6) is 5.75 Å². The second kappa shape index (κ2) is 8.61. The minimum Gasteiger partial charge on any atom is -0.478 e. The van der Waals surface area contributed by atoms with E-state index in [0.717, 1.165) is 11.1 Å². The number of hydrogen-bond donors (Lipinski definition) is 1. The highest BCUT2D eigenvalue weighted by Gasteiger charge is 2.31. The molecule has 0 spiro atoms. The van der Waals surface area contributed by atoms with Crippen molar-refractivity contribution in [2.75, 3.05) is 5.32 Å². The average molecular weight is 386 g/mol. The molecule has 0 radical (unpaired) electrons. The maximum Gasteiger partial charge on any atom is 0.266 e. The highest BCUT2D eigenvalue weighted by molar-refractivity contribution is 5.99. The maximum atomic E-state index is 13.1. The van der Waals surface area contributed by atoms with Gasteiger partial charge in [0.15, 0.2) is 6.10 Å². The third-order valence-corrected chi connectivity index (χ3v) is 4.85. The van der Waals surface area contributed by atoms with Crippen molar-refractivity contribution >= 4 is 17.5 Å². The Hall–Kier alpha value is -3.60. The molecule has 0 aliphatic carbocycles. The molecule has 0 saturated carbocycles. The third-order valence-electron chi connectivity index (χ3n) is 4.85. The number of para-hydroxylation sites is 2. The van der Waals surface area contributed by atoms with E-state index in [2.05, 4.69) is 5.32 Å². The van der Waals surface area contributed by atoms with Crippen LogP contribution in [0.4, 0.5) is 5.69 Å². The summed E-state index contributed by atoms with van der Waals surface area (Å²) in [4.78, 5) is 27.3. The molecule has 1 unspecified atom stereocenters. The molecule has 1 aliphatic heterocycles. The number of hydrogen-bond acceptors (Lipinski definition) is 3. The van der Waals surface area contributed by atoms with E-state index >= 15 is 0 Å². The summed E-state index contributed by atoms with van der Waals surface area (Å²) in [6, 6.07) is 26.9. The molecule has 1 heterocycles. The lowest BCUT2D eigenvalue weighted by molar-refractivity contribution is -0.138. The van der Waals surface area contributed by atoms with E-state index in [1.807, 2.05) is 72.8 Å². The lowest BCUT2D eigenvalue weighted by Crippen LogP contribution is -2.42. The Bertz CT molecular complexity index is 948. The highest BCUT2D eigenvalue weighted by Crippen LogP contribution is 2.30. The third kappa shape index (κ3) is 4.63. The summed E-state index contributed by atoms with van der Waals surface area (Å²) in [7, 11) is 0. The van der Waals surface area contributed by atoms with Crippen LogP contribution < -0.4 is 10.1 Å². The molecule has 0 aromatic heterocycles. The molecule has 2 amide bonds. The number of benzene rings is 3. The number of anilines is 1. The molecular formula is C24H22N2O3. The smallest absolute Gasteiger partial charge is 0.266 e. The van der Waals surface area contributed by atoms with Crippen molar-refractivity contribution in [3.8, 4) is 5.75 Å². The van der Waals surface area contributed by atoms with E-state index in [0.29, 0.717) is 24.5 Å². The van der Waals surface area contributed by atoms with Gasteiger partial charge in [-0.05, 0) is 23.3 Å². The van der Waals surface area contributed by atoms with Crippen LogP contribution >= 0.6 is 0 Å². The number of amides is 2. The van der Waals surface area contributed by atoms with Gasteiger partial charge >= 0.3 is 0 Å². The van der Waals surface area contributed by atoms with Gasteiger partial charge in [0.2, 0.25) is 5.91 Å². The zero-order valence-corrected chi connectivity index (χ0v) is 16.0. The average Bonchev–Trinajstić information content (AvgIpc) is 2.75. The minimum absolute atomic E-state index is 0.0141. The molecular weight excluding hydrogens is 364 g/mol. The molecule has 0 bridgehead atoms. The number of nitrogens with one attached hydrogen (secondary N) is 1. The minimum atomic E-state index is -0.841. The lowest BCUT2D eigenvalue weighted by Gasteiger charge is -2.28. The predicted molar refractivity (Wildman–Crippen MR) is 111 cm³/mol. The molecule has 5 heteroatoms. The summed E-state index contributed by atoms with van der Waals surface area (Å²) >= 11 is 0. The van der Waals surface area contributed by atoms with Gasteiger partial charge < -0.3 is 15.0 Å². The van der Waals surface area contributed by atoms with Gasteiger partial charge in [0, 0.05) is 13.1 Å². The van der Waals surface area contributed by atoms with E-state index in [-0.39, 0.29) is 18.2 Å². The van der Waals surface area contributed by atoms with Crippen LogP contribution in [-0.4, -0.2) is 22.8 Å². The molecule has 0 saturated heterocycles. The Morgan fingerprint density at radius 2 is 1.38 bits per heavy atom. The quantitative estimate of drug-likeness (QED) is 0.697. The molecule has 0 fully saturated rings. The molecule has 146 valence electrons. The first-order valence-corrected chi connectivity index (χ1v) is 9.61. The number of carbonyl (C=O) groups is 2. The van der Waals surface area contributed by atoms with Crippen molar-refractivity contribution in [2.24, 2.45) is 0 Å². The Kier molecular flexibility index (Phi) is 5.56. The van der Waals surface area contributed by atoms with Crippen molar-refractivity contribution < 1.29 is 14.3 Å². The van der Waals surface area contributed by atoms with Gasteiger partial charge in [0.1, 0.15) is 5.75 Å². The standard InChI is InChI=1S/C24H22N2O3/c27-23(15-22-24(28)25-20-13-7-8-14-21(20)29-22)26(16-18-9-3-1-4-10-18)17-19-11-5-2-6-12-19/h1-14,22H,15-17H2,(H,25,28). The molecule has 1 atom stereocenters. The molecule has 4 rings (SSSR count). The maximum absolute atomic E-state index is 13.1. The zero-order chi connectivity index (χ0) is 20.1. The van der Waals surface area contributed by atoms with Crippen molar-refractivity contribution in [3.63, 3.8) is 0 Å². The first-order chi connectivity index (χ1) is 14.2. The molecule has 1 aliphatic rings. The number of nitrogens with zero attached hydrogens (tertiary/aromatic N) is 1. The fourth-order valence-electron chi connectivity index (χ4n) is 3.35. The fourth-order valence-corrected chi connectivity index (χ4v) is 3.35. The van der Waals surface area contributed by atoms with Crippen molar-refractivity contribution in [2.45, 2.75) is 25.6 Å². The normalized spacial score (nSPS) is 15.0. The van der Waals surface area contributed by atoms with Gasteiger partial charge in [-0.2, -0.15) is 0 Å². The zero-order valence-electron chi connectivity index (χ0n) is 16.0. The summed E-state index contributed by atoms with van der Waals surface area (Å²) in [5.41, 5.74) is 2.71. The van der Waals surface area contributed by atoms with E-state index in [4.69, 9.17) is 4.74 Å². The van der Waals surface area contributed by atoms with Crippen LogP contribution in [-0.2, 0) is 22.7 Å². The lowest BCUT2D eigenvalue weighted by atomic mass is 10.1. The Labute approximate surface area is 169 Å². The summed E-state index contributed by atoms with van der Waals surface area (Å²) in [5, 5.41) is 2.82. The predicted octanol–water partition coefficient (Wildman–Crippen LogP) is 4.01. The second-order valence-corrected chi connectivity index (χ2v) is 7.02. The second-order valence-electron chi connectivity index (χ2n) is 7.02. The van der Waals surface area contributed by atoms with E-state index in [9.17, 15) is 9.59 Å².